The Morgan fingerprint density at radius 1 is 1.45 bits per heavy atom. The maximum absolute atomic E-state index is 9.90. The molecule has 0 saturated heterocycles. The van der Waals surface area contributed by atoms with Gasteiger partial charge in [0.15, 0.2) is 0 Å². The zero-order valence-corrected chi connectivity index (χ0v) is 9.89. The van der Waals surface area contributed by atoms with Gasteiger partial charge < -0.3 is 15.6 Å². The van der Waals surface area contributed by atoms with Gasteiger partial charge in [0.05, 0.1) is 0 Å². The molecular formula is C6H13NO3Y-2. The van der Waals surface area contributed by atoms with Crippen molar-refractivity contribution in [3.8, 4) is 0 Å². The molecule has 11 heavy (non-hydrogen) atoms. The summed E-state index contributed by atoms with van der Waals surface area (Å²) < 4.78 is 4.47. The third kappa shape index (κ3) is 25.2. The Labute approximate surface area is 92.4 Å². The number of rotatable bonds is 0. The van der Waals surface area contributed by atoms with Crippen LogP contribution in [0.15, 0.2) is 0 Å². The molecule has 2 N–H and O–H groups in total. The first-order valence-corrected chi connectivity index (χ1v) is 2.68. The molecule has 0 heterocycles. The number of carbonyl (C=O) groups is 1. The summed E-state index contributed by atoms with van der Waals surface area (Å²) in [5.74, 6) is 0. The first-order valence-electron chi connectivity index (χ1n) is 2.68. The number of hydrogen-bond donors (Lipinski definition) is 1. The van der Waals surface area contributed by atoms with Gasteiger partial charge in [-0.25, -0.2) is 7.11 Å². The molecule has 0 aliphatic carbocycles. The van der Waals surface area contributed by atoms with Crippen LogP contribution in [0.2, 0.25) is 0 Å². The summed E-state index contributed by atoms with van der Waals surface area (Å²) in [7, 11) is 2.25. The van der Waals surface area contributed by atoms with Gasteiger partial charge in [0.25, 0.3) is 0 Å². The molecule has 0 aromatic rings. The number of aliphatic hydroxyl groups is 1. The zero-order valence-electron chi connectivity index (χ0n) is 7.05. The molecule has 5 heteroatoms. The number of aliphatic hydroxyl groups excluding tert-OH is 1. The van der Waals surface area contributed by atoms with E-state index in [9.17, 15) is 4.79 Å². The van der Waals surface area contributed by atoms with Crippen molar-refractivity contribution in [2.45, 2.75) is 26.4 Å². The molecule has 0 rings (SSSR count). The minimum Gasteiger partial charge on any atom is -0.632 e. The van der Waals surface area contributed by atoms with Crippen molar-refractivity contribution in [1.82, 2.24) is 0 Å². The molecule has 0 saturated carbocycles. The fourth-order valence-corrected chi connectivity index (χ4v) is 0.278. The molecule has 0 aromatic carbocycles. The van der Waals surface area contributed by atoms with Crippen LogP contribution in [0.4, 0.5) is 4.79 Å². The number of hydrogen-bond acceptors (Lipinski definition) is 3. The third-order valence-corrected chi connectivity index (χ3v) is 0.399. The van der Waals surface area contributed by atoms with Crippen molar-refractivity contribution in [2.24, 2.45) is 0 Å². The molecular weight excluding hydrogens is 223 g/mol. The van der Waals surface area contributed by atoms with Crippen LogP contribution in [0.5, 0.6) is 0 Å². The topological polar surface area (TPSA) is 70.3 Å². The summed E-state index contributed by atoms with van der Waals surface area (Å²) in [6.07, 6.45) is -0.975. The Hall–Kier alpha value is 0.334. The molecule has 0 aliphatic heterocycles. The van der Waals surface area contributed by atoms with E-state index in [1.54, 1.807) is 20.8 Å². The quantitative estimate of drug-likeness (QED) is 0.655. The Kier molecular flexibility index (Phi) is 13.4. The molecule has 4 nitrogen and oxygen atoms in total. The average molecular weight is 236 g/mol. The Morgan fingerprint density at radius 3 is 1.73 bits per heavy atom. The number of ether oxygens (including phenoxy) is 1. The Balaban J connectivity index is -0.000000196. The van der Waals surface area contributed by atoms with E-state index >= 15 is 0 Å². The molecule has 1 amide bonds. The third-order valence-electron chi connectivity index (χ3n) is 0.399. The van der Waals surface area contributed by atoms with Gasteiger partial charge in [0.1, 0.15) is 5.60 Å². The van der Waals surface area contributed by atoms with Gasteiger partial charge in [-0.2, -0.15) is 0 Å². The summed E-state index contributed by atoms with van der Waals surface area (Å²) in [4.78, 5) is 9.90. The van der Waals surface area contributed by atoms with Crippen molar-refractivity contribution >= 4 is 6.09 Å². The first-order chi connectivity index (χ1) is 4.42. The largest absolute Gasteiger partial charge is 0.632 e. The van der Waals surface area contributed by atoms with Gasteiger partial charge in [0, 0.05) is 32.7 Å². The predicted molar refractivity (Wildman–Crippen MR) is 37.8 cm³/mol. The monoisotopic (exact) mass is 236 g/mol. The number of amides is 1. The van der Waals surface area contributed by atoms with Crippen LogP contribution in [0.1, 0.15) is 20.8 Å². The van der Waals surface area contributed by atoms with Crippen LogP contribution in [0.3, 0.4) is 0 Å². The second-order valence-corrected chi connectivity index (χ2v) is 2.50. The maximum atomic E-state index is 9.90. The van der Waals surface area contributed by atoms with Crippen LogP contribution in [0, 0.1) is 7.11 Å². The summed E-state index contributed by atoms with van der Waals surface area (Å²) in [5.41, 5.74) is 5.86. The summed E-state index contributed by atoms with van der Waals surface area (Å²) in [6.45, 7) is 5.16. The molecule has 0 bridgehead atoms. The van der Waals surface area contributed by atoms with Gasteiger partial charge in [-0.05, 0) is 20.8 Å². The van der Waals surface area contributed by atoms with Crippen LogP contribution >= 0.6 is 0 Å². The molecule has 0 fully saturated rings. The maximum Gasteiger partial charge on any atom is 0.227 e. The zero-order chi connectivity index (χ0) is 8.78. The van der Waals surface area contributed by atoms with Crippen LogP contribution in [-0.4, -0.2) is 16.8 Å². The second-order valence-electron chi connectivity index (χ2n) is 2.50. The fraction of sp³-hybridized carbons (Fsp3) is 0.667. The molecule has 0 atom stereocenters. The van der Waals surface area contributed by atoms with Crippen molar-refractivity contribution in [3.05, 3.63) is 12.8 Å². The van der Waals surface area contributed by atoms with Crippen molar-refractivity contribution in [1.29, 1.82) is 0 Å². The minimum absolute atomic E-state index is 0. The molecule has 0 aromatic heterocycles. The van der Waals surface area contributed by atoms with Crippen LogP contribution in [-0.2, 0) is 37.4 Å². The smallest absolute Gasteiger partial charge is 0.227 e. The van der Waals surface area contributed by atoms with Gasteiger partial charge in [-0.1, -0.05) is 0 Å². The van der Waals surface area contributed by atoms with E-state index < -0.39 is 11.7 Å². The van der Waals surface area contributed by atoms with E-state index in [2.05, 4.69) is 11.8 Å². The van der Waals surface area contributed by atoms with E-state index in [0.717, 1.165) is 0 Å². The SMILES string of the molecule is CC(C)(C)OC([NH-])=O.[CH2-]O.[Y]. The Morgan fingerprint density at radius 2 is 1.73 bits per heavy atom. The minimum atomic E-state index is -0.975. The predicted octanol–water partition coefficient (Wildman–Crippen LogP) is 2.12. The van der Waals surface area contributed by atoms with Crippen molar-refractivity contribution in [2.75, 3.05) is 0 Å². The average Bonchev–Trinajstić information content (AvgIpc) is 1.64. The van der Waals surface area contributed by atoms with E-state index in [0.29, 0.717) is 0 Å². The summed E-state index contributed by atoms with van der Waals surface area (Å²) in [6, 6.07) is 0. The number of nitrogens with one attached hydrogen (secondary N) is 1. The fourth-order valence-electron chi connectivity index (χ4n) is 0.278. The Bertz CT molecular complexity index is 100. The summed E-state index contributed by atoms with van der Waals surface area (Å²) >= 11 is 0. The standard InChI is InChI=1S/C5H11NO2.CH3O.Y/c1-5(2,3)8-4(6)7;1-2;/h1-3H3,(H2,6,7);2H,1H2;/q;-1;/p-1. The van der Waals surface area contributed by atoms with Crippen molar-refractivity contribution in [3.63, 3.8) is 0 Å². The molecule has 0 aliphatic rings. The summed E-state index contributed by atoms with van der Waals surface area (Å²) in [5, 5.41) is 6.75. The van der Waals surface area contributed by atoms with Gasteiger partial charge in [-0.3, -0.25) is 4.79 Å². The normalized spacial score (nSPS) is 8.45. The first kappa shape index (κ1) is 17.4. The van der Waals surface area contributed by atoms with E-state index in [1.165, 1.54) is 0 Å². The van der Waals surface area contributed by atoms with Crippen molar-refractivity contribution < 1.29 is 47.3 Å². The van der Waals surface area contributed by atoms with E-state index in [4.69, 9.17) is 10.8 Å². The molecule has 1 radical (unpaired) electrons. The van der Waals surface area contributed by atoms with Gasteiger partial charge >= 0.3 is 0 Å². The van der Waals surface area contributed by atoms with E-state index in [-0.39, 0.29) is 32.7 Å². The van der Waals surface area contributed by atoms with Crippen LogP contribution in [0.25, 0.3) is 5.73 Å². The molecule has 65 valence electrons. The molecule has 0 spiro atoms. The molecule has 0 unspecified atom stereocenters. The van der Waals surface area contributed by atoms with Gasteiger partial charge in [-0.15, -0.1) is 0 Å². The number of carbonyl (C=O) groups excluding carboxylic acids is 1. The second kappa shape index (κ2) is 8.43. The van der Waals surface area contributed by atoms with Gasteiger partial charge in [0.2, 0.25) is 6.09 Å². The van der Waals surface area contributed by atoms with E-state index in [1.807, 2.05) is 0 Å². The van der Waals surface area contributed by atoms with Crippen LogP contribution < -0.4 is 0 Å².